The first-order valence-corrected chi connectivity index (χ1v) is 23.1. The van der Waals surface area contributed by atoms with Crippen LogP contribution in [0.2, 0.25) is 0 Å². The summed E-state index contributed by atoms with van der Waals surface area (Å²) in [6.45, 7) is 3.58. The van der Waals surface area contributed by atoms with Gasteiger partial charge in [-0.3, -0.25) is 18.6 Å². The molecule has 3 N–H and O–H groups in total. The first-order chi connectivity index (χ1) is 26.3. The number of phosphoric ester groups is 1. The number of hydrogen-bond acceptors (Lipinski definition) is 8. The Kier molecular flexibility index (Phi) is 39.1. The normalized spacial score (nSPS) is 13.8. The van der Waals surface area contributed by atoms with Gasteiger partial charge in [0.1, 0.15) is 6.61 Å². The third-order valence-corrected chi connectivity index (χ3v) is 9.96. The summed E-state index contributed by atoms with van der Waals surface area (Å²) in [6, 6.07) is 0. The standard InChI is InChI=1S/C44H80NO8P/c1-3-5-7-9-11-13-15-17-19-20-21-23-24-26-28-30-32-34-36-43(46)50-40-42(41-52-54(48,49)51-39-38-45)53-44(47)37-35-33-31-29-27-25-22-18-16-14-12-10-8-6-4-2/h6,8,12,14,18,22,27,29,42H,3-5,7,9-11,13,15-17,19-21,23-26,28,30-41,45H2,1-2H3,(H,48,49)/b8-6-,14-12-,22-18-,29-27-. The van der Waals surface area contributed by atoms with Crippen LogP contribution in [0.15, 0.2) is 48.6 Å². The summed E-state index contributed by atoms with van der Waals surface area (Å²) in [6.07, 6.45) is 45.8. The minimum atomic E-state index is -4.39. The molecule has 0 bridgehead atoms. The Hall–Kier alpha value is -2.03. The predicted octanol–water partition coefficient (Wildman–Crippen LogP) is 12.3. The van der Waals surface area contributed by atoms with Crippen LogP contribution < -0.4 is 5.73 Å². The Bertz CT molecular complexity index is 1030. The number of esters is 2. The monoisotopic (exact) mass is 782 g/mol. The second kappa shape index (κ2) is 40.6. The van der Waals surface area contributed by atoms with Crippen LogP contribution in [0.5, 0.6) is 0 Å². The number of ether oxygens (including phenoxy) is 2. The van der Waals surface area contributed by atoms with Crippen LogP contribution in [0.1, 0.15) is 187 Å². The fourth-order valence-electron chi connectivity index (χ4n) is 5.80. The predicted molar refractivity (Wildman–Crippen MR) is 224 cm³/mol. The maximum Gasteiger partial charge on any atom is 0.472 e. The fraction of sp³-hybridized carbons (Fsp3) is 0.773. The van der Waals surface area contributed by atoms with E-state index in [9.17, 15) is 19.0 Å². The molecule has 0 aromatic carbocycles. The molecule has 0 radical (unpaired) electrons. The molecule has 0 heterocycles. The molecular formula is C44H80NO8P. The average molecular weight is 782 g/mol. The Balaban J connectivity index is 4.18. The second-order valence-electron chi connectivity index (χ2n) is 14.2. The molecule has 0 fully saturated rings. The molecule has 0 spiro atoms. The van der Waals surface area contributed by atoms with Crippen LogP contribution in [-0.2, 0) is 32.7 Å². The van der Waals surface area contributed by atoms with E-state index in [1.54, 1.807) is 0 Å². The van der Waals surface area contributed by atoms with Gasteiger partial charge in [-0.15, -0.1) is 0 Å². The van der Waals surface area contributed by atoms with Gasteiger partial charge in [0.05, 0.1) is 13.2 Å². The van der Waals surface area contributed by atoms with Gasteiger partial charge in [-0.1, -0.05) is 172 Å². The van der Waals surface area contributed by atoms with Crippen molar-refractivity contribution in [3.63, 3.8) is 0 Å². The number of allylic oxidation sites excluding steroid dienone is 8. The van der Waals surface area contributed by atoms with E-state index in [1.165, 1.54) is 96.3 Å². The van der Waals surface area contributed by atoms with Gasteiger partial charge in [-0.2, -0.15) is 0 Å². The van der Waals surface area contributed by atoms with Gasteiger partial charge in [0.2, 0.25) is 0 Å². The molecule has 2 unspecified atom stereocenters. The summed E-state index contributed by atoms with van der Waals surface area (Å²) in [5.41, 5.74) is 5.34. The lowest BCUT2D eigenvalue weighted by molar-refractivity contribution is -0.161. The maximum absolute atomic E-state index is 12.5. The smallest absolute Gasteiger partial charge is 0.462 e. The second-order valence-corrected chi connectivity index (χ2v) is 15.6. The van der Waals surface area contributed by atoms with Crippen LogP contribution >= 0.6 is 7.82 Å². The van der Waals surface area contributed by atoms with Crippen LogP contribution in [0, 0.1) is 0 Å². The molecule has 0 aliphatic rings. The molecule has 54 heavy (non-hydrogen) atoms. The highest BCUT2D eigenvalue weighted by Gasteiger charge is 2.26. The first kappa shape index (κ1) is 52.0. The van der Waals surface area contributed by atoms with Gasteiger partial charge in [-0.25, -0.2) is 4.57 Å². The minimum Gasteiger partial charge on any atom is -0.462 e. The molecule has 0 aromatic heterocycles. The molecule has 0 rings (SSSR count). The Labute approximate surface area is 330 Å². The molecule has 0 saturated carbocycles. The maximum atomic E-state index is 12.5. The number of nitrogens with two attached hydrogens (primary N) is 1. The minimum absolute atomic E-state index is 0.0459. The molecular weight excluding hydrogens is 701 g/mol. The van der Waals surface area contributed by atoms with Crippen molar-refractivity contribution < 1.29 is 37.6 Å². The summed E-state index contributed by atoms with van der Waals surface area (Å²) in [4.78, 5) is 34.8. The number of hydrogen-bond donors (Lipinski definition) is 2. The van der Waals surface area contributed by atoms with Crippen molar-refractivity contribution in [3.05, 3.63) is 48.6 Å². The molecule has 0 aliphatic carbocycles. The average Bonchev–Trinajstić information content (AvgIpc) is 3.16. The van der Waals surface area contributed by atoms with Crippen LogP contribution in [0.25, 0.3) is 0 Å². The number of carbonyl (C=O) groups excluding carboxylic acids is 2. The summed E-state index contributed by atoms with van der Waals surface area (Å²) >= 11 is 0. The Morgan fingerprint density at radius 3 is 1.52 bits per heavy atom. The zero-order chi connectivity index (χ0) is 39.6. The summed E-state index contributed by atoms with van der Waals surface area (Å²) < 4.78 is 32.7. The number of carbonyl (C=O) groups is 2. The third kappa shape index (κ3) is 39.7. The van der Waals surface area contributed by atoms with Crippen molar-refractivity contribution in [2.75, 3.05) is 26.4 Å². The van der Waals surface area contributed by atoms with Crippen LogP contribution in [0.4, 0.5) is 0 Å². The summed E-state index contributed by atoms with van der Waals surface area (Å²) in [5, 5.41) is 0. The summed E-state index contributed by atoms with van der Waals surface area (Å²) in [5.74, 6) is -0.874. The van der Waals surface area contributed by atoms with Crippen LogP contribution in [-0.4, -0.2) is 49.3 Å². The van der Waals surface area contributed by atoms with E-state index in [4.69, 9.17) is 24.3 Å². The molecule has 314 valence electrons. The van der Waals surface area contributed by atoms with Gasteiger partial charge >= 0.3 is 19.8 Å². The van der Waals surface area contributed by atoms with E-state index in [1.807, 2.05) is 0 Å². The van der Waals surface area contributed by atoms with E-state index in [0.717, 1.165) is 57.8 Å². The highest BCUT2D eigenvalue weighted by atomic mass is 31.2. The lowest BCUT2D eigenvalue weighted by Crippen LogP contribution is -2.29. The number of phosphoric acid groups is 1. The first-order valence-electron chi connectivity index (χ1n) is 21.6. The van der Waals surface area contributed by atoms with Crippen molar-refractivity contribution in [3.8, 4) is 0 Å². The van der Waals surface area contributed by atoms with Crippen molar-refractivity contribution in [2.24, 2.45) is 5.73 Å². The van der Waals surface area contributed by atoms with E-state index >= 15 is 0 Å². The van der Waals surface area contributed by atoms with E-state index in [0.29, 0.717) is 6.42 Å². The lowest BCUT2D eigenvalue weighted by atomic mass is 10.0. The lowest BCUT2D eigenvalue weighted by Gasteiger charge is -2.19. The van der Waals surface area contributed by atoms with Crippen molar-refractivity contribution in [1.29, 1.82) is 0 Å². The number of rotatable bonds is 40. The SMILES string of the molecule is CC/C=C\C/C=C\C/C=C\C/C=C\CCCCC(=O)OC(COC(=O)CCCCCCCCCCCCCCCCCCCC)COP(=O)(O)OCCN. The third-order valence-electron chi connectivity index (χ3n) is 8.98. The van der Waals surface area contributed by atoms with Crippen molar-refractivity contribution >= 4 is 19.8 Å². The quantitative estimate of drug-likeness (QED) is 0.0269. The number of unbranched alkanes of at least 4 members (excludes halogenated alkanes) is 19. The molecule has 0 aromatic rings. The van der Waals surface area contributed by atoms with Gasteiger partial charge in [-0.05, 0) is 51.4 Å². The molecule has 0 aliphatic heterocycles. The molecule has 9 nitrogen and oxygen atoms in total. The Morgan fingerprint density at radius 2 is 1.02 bits per heavy atom. The fourth-order valence-corrected chi connectivity index (χ4v) is 6.57. The zero-order valence-electron chi connectivity index (χ0n) is 34.4. The van der Waals surface area contributed by atoms with Crippen molar-refractivity contribution in [1.82, 2.24) is 0 Å². The molecule has 10 heteroatoms. The Morgan fingerprint density at radius 1 is 0.574 bits per heavy atom. The van der Waals surface area contributed by atoms with E-state index in [2.05, 4.69) is 62.5 Å². The van der Waals surface area contributed by atoms with Gasteiger partial charge in [0.15, 0.2) is 6.10 Å². The summed E-state index contributed by atoms with van der Waals surface area (Å²) in [7, 11) is -4.39. The molecule has 0 saturated heterocycles. The van der Waals surface area contributed by atoms with E-state index in [-0.39, 0.29) is 32.6 Å². The largest absolute Gasteiger partial charge is 0.472 e. The van der Waals surface area contributed by atoms with Crippen molar-refractivity contribution in [2.45, 2.75) is 193 Å². The van der Waals surface area contributed by atoms with Crippen LogP contribution in [0.3, 0.4) is 0 Å². The van der Waals surface area contributed by atoms with E-state index < -0.39 is 32.5 Å². The van der Waals surface area contributed by atoms with Gasteiger partial charge < -0.3 is 20.1 Å². The van der Waals surface area contributed by atoms with Gasteiger partial charge in [0, 0.05) is 19.4 Å². The highest BCUT2D eigenvalue weighted by Crippen LogP contribution is 2.43. The molecule has 0 amide bonds. The highest BCUT2D eigenvalue weighted by molar-refractivity contribution is 7.47. The van der Waals surface area contributed by atoms with Gasteiger partial charge in [0.25, 0.3) is 0 Å². The zero-order valence-corrected chi connectivity index (χ0v) is 35.3. The topological polar surface area (TPSA) is 134 Å². The molecule has 2 atom stereocenters.